The second-order valence-electron chi connectivity index (χ2n) is 5.01. The Balaban J connectivity index is 2.31. The molecule has 21 heavy (non-hydrogen) atoms. The third-order valence-corrected chi connectivity index (χ3v) is 4.02. The lowest BCUT2D eigenvalue weighted by Crippen LogP contribution is -2.44. The first kappa shape index (κ1) is 15.9. The fraction of sp³-hybridized carbons (Fsp3) is 0.467. The van der Waals surface area contributed by atoms with Crippen molar-refractivity contribution in [3.63, 3.8) is 0 Å². The van der Waals surface area contributed by atoms with Crippen molar-refractivity contribution in [3.8, 4) is 0 Å². The first-order chi connectivity index (χ1) is 9.93. The van der Waals surface area contributed by atoms with E-state index >= 15 is 0 Å². The molecular weight excluding hydrogens is 341 g/mol. The molecule has 0 aliphatic carbocycles. The fourth-order valence-electron chi connectivity index (χ4n) is 2.52. The van der Waals surface area contributed by atoms with Crippen LogP contribution >= 0.6 is 15.9 Å². The highest BCUT2D eigenvalue weighted by Crippen LogP contribution is 2.33. The minimum Gasteiger partial charge on any atom is -0.465 e. The topological polar surface area (TPSA) is 46.6 Å². The van der Waals surface area contributed by atoms with E-state index in [-0.39, 0.29) is 25.6 Å². The number of amides is 1. The molecule has 0 N–H and O–H groups in total. The molecule has 2 rings (SSSR count). The molecule has 1 aromatic rings. The van der Waals surface area contributed by atoms with Gasteiger partial charge in [-0.25, -0.2) is 4.39 Å². The Kier molecular flexibility index (Phi) is 4.98. The maximum absolute atomic E-state index is 13.9. The van der Waals surface area contributed by atoms with E-state index in [9.17, 15) is 14.0 Å². The van der Waals surface area contributed by atoms with Crippen LogP contribution in [-0.4, -0.2) is 42.6 Å². The summed E-state index contributed by atoms with van der Waals surface area (Å²) in [4.78, 5) is 25.4. The number of nitrogens with zero attached hydrogens (tertiary/aromatic N) is 1. The lowest BCUT2D eigenvalue weighted by molar-refractivity contribution is -0.144. The number of carbonyl (C=O) groups excluding carboxylic acids is 2. The van der Waals surface area contributed by atoms with Crippen molar-refractivity contribution in [2.45, 2.75) is 25.9 Å². The van der Waals surface area contributed by atoms with Crippen LogP contribution in [0.1, 0.15) is 35.7 Å². The zero-order chi connectivity index (χ0) is 15.6. The molecule has 1 aliphatic heterocycles. The molecule has 1 amide bonds. The highest BCUT2D eigenvalue weighted by Gasteiger charge is 2.35. The van der Waals surface area contributed by atoms with Gasteiger partial charge >= 0.3 is 5.97 Å². The van der Waals surface area contributed by atoms with E-state index in [1.54, 1.807) is 25.1 Å². The van der Waals surface area contributed by atoms with Gasteiger partial charge in [0.25, 0.3) is 5.91 Å². The van der Waals surface area contributed by atoms with Crippen LogP contribution < -0.4 is 0 Å². The molecule has 0 spiro atoms. The number of rotatable bonds is 4. The smallest absolute Gasteiger partial charge is 0.325 e. The molecule has 0 unspecified atom stereocenters. The summed E-state index contributed by atoms with van der Waals surface area (Å²) in [6.45, 7) is 3.46. The van der Waals surface area contributed by atoms with Crippen molar-refractivity contribution < 1.29 is 18.7 Å². The van der Waals surface area contributed by atoms with Crippen LogP contribution in [0.15, 0.2) is 22.7 Å². The van der Waals surface area contributed by atoms with Gasteiger partial charge in [0, 0.05) is 22.5 Å². The Morgan fingerprint density at radius 2 is 2.29 bits per heavy atom. The summed E-state index contributed by atoms with van der Waals surface area (Å²) in [7, 11) is 0. The molecule has 0 aromatic heterocycles. The SMILES string of the molecule is CCOC(=O)CN1C[C@H]([C@@H](C)F)c2cc(Br)ccc2C1=O. The van der Waals surface area contributed by atoms with Gasteiger partial charge in [0.1, 0.15) is 12.7 Å². The first-order valence-electron chi connectivity index (χ1n) is 6.82. The molecular formula is C15H17BrFNO3. The maximum Gasteiger partial charge on any atom is 0.325 e. The Morgan fingerprint density at radius 1 is 1.57 bits per heavy atom. The first-order valence-corrected chi connectivity index (χ1v) is 7.61. The number of carbonyl (C=O) groups is 2. The summed E-state index contributed by atoms with van der Waals surface area (Å²) in [6.07, 6.45) is -1.11. The average molecular weight is 358 g/mol. The van der Waals surface area contributed by atoms with Crippen molar-refractivity contribution in [2.24, 2.45) is 0 Å². The molecule has 0 saturated carbocycles. The van der Waals surface area contributed by atoms with Gasteiger partial charge < -0.3 is 9.64 Å². The van der Waals surface area contributed by atoms with Crippen LogP contribution in [0.25, 0.3) is 0 Å². The molecule has 0 fully saturated rings. The van der Waals surface area contributed by atoms with E-state index in [0.29, 0.717) is 11.1 Å². The largest absolute Gasteiger partial charge is 0.465 e. The molecule has 1 aromatic carbocycles. The zero-order valence-corrected chi connectivity index (χ0v) is 13.5. The van der Waals surface area contributed by atoms with Gasteiger partial charge in [0.2, 0.25) is 0 Å². The van der Waals surface area contributed by atoms with Crippen LogP contribution in [0.2, 0.25) is 0 Å². The number of hydrogen-bond acceptors (Lipinski definition) is 3. The van der Waals surface area contributed by atoms with E-state index in [4.69, 9.17) is 4.74 Å². The van der Waals surface area contributed by atoms with E-state index in [2.05, 4.69) is 15.9 Å². The predicted octanol–water partition coefficient (Wildman–Crippen LogP) is 2.91. The lowest BCUT2D eigenvalue weighted by Gasteiger charge is -2.34. The van der Waals surface area contributed by atoms with Gasteiger partial charge in [-0.3, -0.25) is 9.59 Å². The summed E-state index contributed by atoms with van der Waals surface area (Å²) < 4.78 is 19.6. The van der Waals surface area contributed by atoms with E-state index in [1.807, 2.05) is 0 Å². The summed E-state index contributed by atoms with van der Waals surface area (Å²) in [5.41, 5.74) is 1.13. The van der Waals surface area contributed by atoms with Crippen LogP contribution in [0.4, 0.5) is 4.39 Å². The Morgan fingerprint density at radius 3 is 2.90 bits per heavy atom. The number of benzene rings is 1. The Labute approximate surface area is 131 Å². The molecule has 2 atom stereocenters. The average Bonchev–Trinajstić information content (AvgIpc) is 2.41. The minimum absolute atomic E-state index is 0.147. The van der Waals surface area contributed by atoms with E-state index in [0.717, 1.165) is 4.47 Å². The maximum atomic E-state index is 13.9. The van der Waals surface area contributed by atoms with Crippen LogP contribution in [-0.2, 0) is 9.53 Å². The molecule has 0 bridgehead atoms. The second-order valence-corrected chi connectivity index (χ2v) is 5.92. The molecule has 0 radical (unpaired) electrons. The molecule has 6 heteroatoms. The number of alkyl halides is 1. The van der Waals surface area contributed by atoms with Crippen molar-refractivity contribution in [3.05, 3.63) is 33.8 Å². The van der Waals surface area contributed by atoms with Crippen LogP contribution in [0.5, 0.6) is 0 Å². The summed E-state index contributed by atoms with van der Waals surface area (Å²) in [6, 6.07) is 5.18. The summed E-state index contributed by atoms with van der Waals surface area (Å²) in [5.74, 6) is -1.18. The fourth-order valence-corrected chi connectivity index (χ4v) is 2.89. The zero-order valence-electron chi connectivity index (χ0n) is 11.9. The van der Waals surface area contributed by atoms with Crippen LogP contribution in [0.3, 0.4) is 0 Å². The molecule has 0 saturated heterocycles. The van der Waals surface area contributed by atoms with Gasteiger partial charge in [0.15, 0.2) is 0 Å². The number of ether oxygens (including phenoxy) is 1. The molecule has 114 valence electrons. The van der Waals surface area contributed by atoms with Gasteiger partial charge in [-0.1, -0.05) is 15.9 Å². The van der Waals surface area contributed by atoms with Crippen molar-refractivity contribution in [2.75, 3.05) is 19.7 Å². The van der Waals surface area contributed by atoms with Gasteiger partial charge in [-0.2, -0.15) is 0 Å². The number of esters is 1. The standard InChI is InChI=1S/C15H17BrFNO3/c1-3-21-14(19)8-18-7-13(9(2)17)12-6-10(16)4-5-11(12)15(18)20/h4-6,9,13H,3,7-8H2,1-2H3/t9-,13-/m1/s1. The highest BCUT2D eigenvalue weighted by molar-refractivity contribution is 9.10. The van der Waals surface area contributed by atoms with Crippen molar-refractivity contribution in [1.29, 1.82) is 0 Å². The Hall–Kier alpha value is -1.43. The summed E-state index contributed by atoms with van der Waals surface area (Å²) >= 11 is 3.34. The predicted molar refractivity (Wildman–Crippen MR) is 80.0 cm³/mol. The monoisotopic (exact) mass is 357 g/mol. The van der Waals surface area contributed by atoms with Gasteiger partial charge in [0.05, 0.1) is 6.61 Å². The quantitative estimate of drug-likeness (QED) is 0.778. The second kappa shape index (κ2) is 6.56. The van der Waals surface area contributed by atoms with E-state index in [1.165, 1.54) is 11.8 Å². The molecule has 4 nitrogen and oxygen atoms in total. The third kappa shape index (κ3) is 3.43. The molecule has 1 aliphatic rings. The lowest BCUT2D eigenvalue weighted by atomic mass is 9.86. The minimum atomic E-state index is -1.11. The van der Waals surface area contributed by atoms with Crippen molar-refractivity contribution in [1.82, 2.24) is 4.90 Å². The van der Waals surface area contributed by atoms with Crippen LogP contribution in [0, 0.1) is 0 Å². The van der Waals surface area contributed by atoms with Crippen molar-refractivity contribution >= 4 is 27.8 Å². The number of halogens is 2. The number of hydrogen-bond donors (Lipinski definition) is 0. The van der Waals surface area contributed by atoms with E-state index < -0.39 is 18.1 Å². The van der Waals surface area contributed by atoms with Gasteiger partial charge in [-0.05, 0) is 37.6 Å². The molecule has 1 heterocycles. The van der Waals surface area contributed by atoms with Gasteiger partial charge in [-0.15, -0.1) is 0 Å². The number of fused-ring (bicyclic) bond motifs is 1. The summed E-state index contributed by atoms with van der Waals surface area (Å²) in [5, 5.41) is 0. The highest BCUT2D eigenvalue weighted by atomic mass is 79.9. The third-order valence-electron chi connectivity index (χ3n) is 3.53. The Bertz CT molecular complexity index is 562. The normalized spacial score (nSPS) is 19.1.